The third kappa shape index (κ3) is 3.70. The lowest BCUT2D eigenvalue weighted by Crippen LogP contribution is -2.10. The van der Waals surface area contributed by atoms with Crippen LogP contribution in [-0.2, 0) is 4.79 Å². The van der Waals surface area contributed by atoms with Crippen molar-refractivity contribution in [1.29, 1.82) is 0 Å². The Morgan fingerprint density at radius 3 is 2.67 bits per heavy atom. The minimum atomic E-state index is -0.00552. The van der Waals surface area contributed by atoms with Gasteiger partial charge in [-0.05, 0) is 24.1 Å². The molecule has 0 saturated heterocycles. The number of nitrogens with one attached hydrogen (secondary N) is 1. The Hall–Kier alpha value is -2.00. The molecule has 1 aromatic rings. The summed E-state index contributed by atoms with van der Waals surface area (Å²) in [5, 5.41) is 6.17. The van der Waals surface area contributed by atoms with Gasteiger partial charge in [0, 0.05) is 22.7 Å². The van der Waals surface area contributed by atoms with Crippen LogP contribution in [0.15, 0.2) is 29.4 Å². The highest BCUT2D eigenvalue weighted by Crippen LogP contribution is 2.16. The first kappa shape index (κ1) is 11.1. The molecule has 1 amide bonds. The maximum atomic E-state index is 11.2. The van der Waals surface area contributed by atoms with Crippen LogP contribution in [0.1, 0.15) is 19.8 Å². The number of carbonyl (C=O) groups excluding carboxylic acids is 1. The number of anilines is 1. The van der Waals surface area contributed by atoms with Gasteiger partial charge < -0.3 is 5.32 Å². The van der Waals surface area contributed by atoms with Gasteiger partial charge in [0.2, 0.25) is 5.91 Å². The van der Waals surface area contributed by atoms with Gasteiger partial charge in [0.25, 0.3) is 0 Å². The predicted octanol–water partition coefficient (Wildman–Crippen LogP) is 3.37. The van der Waals surface area contributed by atoms with Crippen molar-refractivity contribution >= 4 is 17.3 Å². The Balaban J connectivity index is 2.64. The summed E-state index contributed by atoms with van der Waals surface area (Å²) in [4.78, 5) is 13.9. The second-order valence-corrected chi connectivity index (χ2v) is 3.03. The monoisotopic (exact) mass is 204 g/mol. The van der Waals surface area contributed by atoms with E-state index in [0.29, 0.717) is 17.8 Å². The van der Waals surface area contributed by atoms with E-state index in [1.54, 1.807) is 24.3 Å². The highest BCUT2D eigenvalue weighted by atomic mass is 16.1. The normalized spacial score (nSPS) is 9.13. The minimum absolute atomic E-state index is 0.00552. The van der Waals surface area contributed by atoms with Crippen LogP contribution in [0.2, 0.25) is 0 Å². The lowest BCUT2D eigenvalue weighted by Gasteiger charge is -2.03. The molecule has 0 atom stereocenters. The molecule has 15 heavy (non-hydrogen) atoms. The fourth-order valence-electron chi connectivity index (χ4n) is 1.11. The van der Waals surface area contributed by atoms with Crippen molar-refractivity contribution in [1.82, 2.24) is 0 Å². The third-order valence-corrected chi connectivity index (χ3v) is 1.79. The number of benzene rings is 1. The average molecular weight is 204 g/mol. The molecular weight excluding hydrogens is 192 g/mol. The van der Waals surface area contributed by atoms with Crippen molar-refractivity contribution in [3.8, 4) is 0 Å². The predicted molar refractivity (Wildman–Crippen MR) is 58.8 cm³/mol. The Morgan fingerprint density at radius 2 is 2.13 bits per heavy atom. The summed E-state index contributed by atoms with van der Waals surface area (Å²) in [6, 6.07) is 6.72. The second-order valence-electron chi connectivity index (χ2n) is 3.03. The van der Waals surface area contributed by atoms with E-state index in [0.717, 1.165) is 6.42 Å². The number of hydrogen-bond donors (Lipinski definition) is 1. The topological polar surface area (TPSA) is 77.9 Å². The molecule has 0 aromatic heterocycles. The van der Waals surface area contributed by atoms with Crippen LogP contribution in [0, 0.1) is 0 Å². The van der Waals surface area contributed by atoms with Crippen molar-refractivity contribution in [2.75, 3.05) is 5.32 Å². The zero-order valence-electron chi connectivity index (χ0n) is 8.47. The largest absolute Gasteiger partial charge is 0.326 e. The molecule has 0 aliphatic carbocycles. The molecule has 1 N–H and O–H groups in total. The van der Waals surface area contributed by atoms with Crippen LogP contribution >= 0.6 is 0 Å². The van der Waals surface area contributed by atoms with Crippen LogP contribution < -0.4 is 5.32 Å². The van der Waals surface area contributed by atoms with E-state index in [1.165, 1.54) is 0 Å². The van der Waals surface area contributed by atoms with Gasteiger partial charge in [0.05, 0.1) is 0 Å². The molecule has 0 saturated carbocycles. The number of azide groups is 1. The molecule has 0 unspecified atom stereocenters. The molecule has 1 rings (SSSR count). The van der Waals surface area contributed by atoms with Crippen molar-refractivity contribution < 1.29 is 4.79 Å². The molecule has 0 heterocycles. The van der Waals surface area contributed by atoms with Crippen molar-refractivity contribution in [2.24, 2.45) is 5.11 Å². The van der Waals surface area contributed by atoms with E-state index in [1.807, 2.05) is 6.92 Å². The fraction of sp³-hybridized carbons (Fsp3) is 0.300. The molecule has 0 bridgehead atoms. The van der Waals surface area contributed by atoms with Crippen LogP contribution in [0.3, 0.4) is 0 Å². The first-order valence-corrected chi connectivity index (χ1v) is 4.71. The summed E-state index contributed by atoms with van der Waals surface area (Å²) >= 11 is 0. The highest BCUT2D eigenvalue weighted by Gasteiger charge is 1.99. The van der Waals surface area contributed by atoms with Gasteiger partial charge in [-0.25, -0.2) is 0 Å². The van der Waals surface area contributed by atoms with Gasteiger partial charge >= 0.3 is 0 Å². The van der Waals surface area contributed by atoms with E-state index >= 15 is 0 Å². The van der Waals surface area contributed by atoms with Gasteiger partial charge in [-0.1, -0.05) is 24.2 Å². The first-order chi connectivity index (χ1) is 7.26. The Kier molecular flexibility index (Phi) is 4.19. The lowest BCUT2D eigenvalue weighted by molar-refractivity contribution is -0.116. The summed E-state index contributed by atoms with van der Waals surface area (Å²) in [5.41, 5.74) is 9.44. The molecule has 0 aliphatic rings. The second kappa shape index (κ2) is 5.67. The number of hydrogen-bond acceptors (Lipinski definition) is 2. The molecule has 0 fully saturated rings. The number of amides is 1. The third-order valence-electron chi connectivity index (χ3n) is 1.79. The van der Waals surface area contributed by atoms with E-state index in [-0.39, 0.29) is 5.91 Å². The molecule has 5 nitrogen and oxygen atoms in total. The maximum absolute atomic E-state index is 11.2. The molecule has 1 aromatic carbocycles. The van der Waals surface area contributed by atoms with Gasteiger partial charge in [-0.2, -0.15) is 0 Å². The van der Waals surface area contributed by atoms with E-state index in [4.69, 9.17) is 5.53 Å². The first-order valence-electron chi connectivity index (χ1n) is 4.71. The van der Waals surface area contributed by atoms with Crippen molar-refractivity contribution in [3.05, 3.63) is 34.7 Å². The highest BCUT2D eigenvalue weighted by molar-refractivity contribution is 5.90. The summed E-state index contributed by atoms with van der Waals surface area (Å²) in [6.07, 6.45) is 1.33. The Bertz CT molecular complexity index is 379. The van der Waals surface area contributed by atoms with Crippen LogP contribution in [0.5, 0.6) is 0 Å². The maximum Gasteiger partial charge on any atom is 0.224 e. The average Bonchev–Trinajstić information content (AvgIpc) is 2.22. The van der Waals surface area contributed by atoms with Gasteiger partial charge in [-0.3, -0.25) is 4.79 Å². The standard InChI is InChI=1S/C10H12N4O/c1-2-3-10(15)12-8-4-6-9(7-5-8)13-14-11/h4-7H,2-3H2,1H3,(H,12,15). The molecule has 0 spiro atoms. The van der Waals surface area contributed by atoms with Gasteiger partial charge in [0.1, 0.15) is 0 Å². The van der Waals surface area contributed by atoms with Crippen LogP contribution in [-0.4, -0.2) is 5.91 Å². The van der Waals surface area contributed by atoms with Crippen molar-refractivity contribution in [2.45, 2.75) is 19.8 Å². The zero-order valence-corrected chi connectivity index (χ0v) is 8.47. The molecule has 0 radical (unpaired) electrons. The minimum Gasteiger partial charge on any atom is -0.326 e. The summed E-state index contributed by atoms with van der Waals surface area (Å²) in [6.45, 7) is 1.95. The quantitative estimate of drug-likeness (QED) is 0.455. The Morgan fingerprint density at radius 1 is 1.47 bits per heavy atom. The number of nitrogens with zero attached hydrogens (tertiary/aromatic N) is 3. The van der Waals surface area contributed by atoms with E-state index in [2.05, 4.69) is 15.3 Å². The lowest BCUT2D eigenvalue weighted by atomic mass is 10.2. The summed E-state index contributed by atoms with van der Waals surface area (Å²) in [7, 11) is 0. The molecule has 78 valence electrons. The van der Waals surface area contributed by atoms with Gasteiger partial charge in [0.15, 0.2) is 0 Å². The fourth-order valence-corrected chi connectivity index (χ4v) is 1.11. The van der Waals surface area contributed by atoms with E-state index < -0.39 is 0 Å². The summed E-state index contributed by atoms with van der Waals surface area (Å²) < 4.78 is 0. The SMILES string of the molecule is CCCC(=O)Nc1ccc(N=[N+]=[N-])cc1. The molecule has 5 heteroatoms. The smallest absolute Gasteiger partial charge is 0.224 e. The molecular formula is C10H12N4O. The van der Waals surface area contributed by atoms with Crippen LogP contribution in [0.4, 0.5) is 11.4 Å². The van der Waals surface area contributed by atoms with E-state index in [9.17, 15) is 4.79 Å². The number of rotatable bonds is 4. The zero-order chi connectivity index (χ0) is 11.1. The number of carbonyl (C=O) groups is 1. The van der Waals surface area contributed by atoms with Crippen molar-refractivity contribution in [3.63, 3.8) is 0 Å². The molecule has 0 aliphatic heterocycles. The summed E-state index contributed by atoms with van der Waals surface area (Å²) in [5.74, 6) is -0.00552. The Labute approximate surface area is 87.7 Å². The van der Waals surface area contributed by atoms with Crippen LogP contribution in [0.25, 0.3) is 10.4 Å². The van der Waals surface area contributed by atoms with Gasteiger partial charge in [-0.15, -0.1) is 0 Å².